The van der Waals surface area contributed by atoms with Crippen molar-refractivity contribution in [3.8, 4) is 0 Å². The van der Waals surface area contributed by atoms with Gasteiger partial charge in [0.25, 0.3) is 0 Å². The van der Waals surface area contributed by atoms with Crippen molar-refractivity contribution in [2.75, 3.05) is 0 Å². The summed E-state index contributed by atoms with van der Waals surface area (Å²) in [6, 6.07) is 3.30. The molecule has 88 valence electrons. The molecule has 0 radical (unpaired) electrons. The topological polar surface area (TPSA) is 17.1 Å². The predicted octanol–water partition coefficient (Wildman–Crippen LogP) is 3.51. The van der Waals surface area contributed by atoms with Crippen molar-refractivity contribution in [3.05, 3.63) is 35.4 Å². The van der Waals surface area contributed by atoms with E-state index in [0.717, 1.165) is 6.07 Å². The molecule has 0 aliphatic rings. The van der Waals surface area contributed by atoms with E-state index in [2.05, 4.69) is 0 Å². The first-order chi connectivity index (χ1) is 7.28. The van der Waals surface area contributed by atoms with Crippen molar-refractivity contribution in [2.45, 2.75) is 33.6 Å². The molecule has 0 spiro atoms. The van der Waals surface area contributed by atoms with Gasteiger partial charge in [-0.05, 0) is 17.0 Å². The molecular weight excluding hydrogens is 210 g/mol. The standard InChI is InChI=1S/C13H16F2O/c1-13(2,3)8-11(16)6-9-4-5-10(14)7-12(9)15/h4-5,7H,6,8H2,1-3H3. The van der Waals surface area contributed by atoms with Crippen LogP contribution in [0.1, 0.15) is 32.8 Å². The van der Waals surface area contributed by atoms with E-state index in [-0.39, 0.29) is 23.2 Å². The van der Waals surface area contributed by atoms with Crippen LogP contribution in [0.5, 0.6) is 0 Å². The summed E-state index contributed by atoms with van der Waals surface area (Å²) in [7, 11) is 0. The average Bonchev–Trinajstić information content (AvgIpc) is 2.06. The van der Waals surface area contributed by atoms with Gasteiger partial charge in [-0.1, -0.05) is 26.8 Å². The maximum Gasteiger partial charge on any atom is 0.137 e. The smallest absolute Gasteiger partial charge is 0.137 e. The van der Waals surface area contributed by atoms with E-state index in [1.165, 1.54) is 12.1 Å². The van der Waals surface area contributed by atoms with Gasteiger partial charge in [-0.2, -0.15) is 0 Å². The summed E-state index contributed by atoms with van der Waals surface area (Å²) >= 11 is 0. The van der Waals surface area contributed by atoms with Gasteiger partial charge >= 0.3 is 0 Å². The summed E-state index contributed by atoms with van der Waals surface area (Å²) in [5, 5.41) is 0. The molecule has 0 aliphatic heterocycles. The maximum absolute atomic E-state index is 13.3. The number of hydrogen-bond donors (Lipinski definition) is 0. The summed E-state index contributed by atoms with van der Waals surface area (Å²) in [5.41, 5.74) is 0.156. The fourth-order valence-corrected chi connectivity index (χ4v) is 1.53. The molecule has 1 aromatic carbocycles. The highest BCUT2D eigenvalue weighted by atomic mass is 19.1. The van der Waals surface area contributed by atoms with E-state index >= 15 is 0 Å². The number of Topliss-reactive ketones (excluding diaryl/α,β-unsaturated/α-hetero) is 1. The first kappa shape index (κ1) is 12.8. The van der Waals surface area contributed by atoms with Crippen molar-refractivity contribution in [1.82, 2.24) is 0 Å². The molecule has 0 atom stereocenters. The van der Waals surface area contributed by atoms with E-state index in [0.29, 0.717) is 6.42 Å². The minimum Gasteiger partial charge on any atom is -0.299 e. The number of benzene rings is 1. The fraction of sp³-hybridized carbons (Fsp3) is 0.462. The quantitative estimate of drug-likeness (QED) is 0.770. The lowest BCUT2D eigenvalue weighted by atomic mass is 9.88. The molecule has 0 amide bonds. The van der Waals surface area contributed by atoms with Crippen LogP contribution in [0.3, 0.4) is 0 Å². The van der Waals surface area contributed by atoms with Gasteiger partial charge in [0.05, 0.1) is 0 Å². The third-order valence-corrected chi connectivity index (χ3v) is 2.13. The Labute approximate surface area is 94.5 Å². The van der Waals surface area contributed by atoms with Crippen molar-refractivity contribution in [1.29, 1.82) is 0 Å². The summed E-state index contributed by atoms with van der Waals surface area (Å²) in [5.74, 6) is -1.30. The first-order valence-electron chi connectivity index (χ1n) is 5.23. The number of hydrogen-bond acceptors (Lipinski definition) is 1. The van der Waals surface area contributed by atoms with Crippen LogP contribution >= 0.6 is 0 Å². The summed E-state index contributed by atoms with van der Waals surface area (Å²) in [4.78, 5) is 11.6. The van der Waals surface area contributed by atoms with Crippen LogP contribution in [0.4, 0.5) is 8.78 Å². The SMILES string of the molecule is CC(C)(C)CC(=O)Cc1ccc(F)cc1F. The number of halogens is 2. The molecule has 0 saturated carbocycles. The molecule has 0 bridgehead atoms. The molecule has 0 heterocycles. The van der Waals surface area contributed by atoms with E-state index in [1.54, 1.807) is 0 Å². The monoisotopic (exact) mass is 226 g/mol. The van der Waals surface area contributed by atoms with Crippen molar-refractivity contribution in [3.63, 3.8) is 0 Å². The molecule has 1 aromatic rings. The normalized spacial score (nSPS) is 11.6. The van der Waals surface area contributed by atoms with Crippen LogP contribution in [0, 0.1) is 17.0 Å². The van der Waals surface area contributed by atoms with E-state index in [1.807, 2.05) is 20.8 Å². The highest BCUT2D eigenvalue weighted by molar-refractivity contribution is 5.81. The molecule has 16 heavy (non-hydrogen) atoms. The van der Waals surface area contributed by atoms with Gasteiger partial charge in [-0.3, -0.25) is 4.79 Å². The van der Waals surface area contributed by atoms with Crippen molar-refractivity contribution in [2.24, 2.45) is 5.41 Å². The molecule has 0 unspecified atom stereocenters. The molecule has 0 saturated heterocycles. The van der Waals surface area contributed by atoms with Gasteiger partial charge in [0.2, 0.25) is 0 Å². The third kappa shape index (κ3) is 4.09. The van der Waals surface area contributed by atoms with Crippen LogP contribution in [0.25, 0.3) is 0 Å². The zero-order valence-electron chi connectivity index (χ0n) is 9.81. The number of ketones is 1. The molecular formula is C13H16F2O. The molecule has 0 aromatic heterocycles. The predicted molar refractivity (Wildman–Crippen MR) is 59.1 cm³/mol. The minimum absolute atomic E-state index is 0.0296. The van der Waals surface area contributed by atoms with Gasteiger partial charge in [0.15, 0.2) is 0 Å². The third-order valence-electron chi connectivity index (χ3n) is 2.13. The molecule has 3 heteroatoms. The zero-order valence-corrected chi connectivity index (χ0v) is 9.81. The van der Waals surface area contributed by atoms with Crippen LogP contribution in [0.15, 0.2) is 18.2 Å². The van der Waals surface area contributed by atoms with Crippen molar-refractivity contribution < 1.29 is 13.6 Å². The Bertz CT molecular complexity index is 391. The van der Waals surface area contributed by atoms with Crippen molar-refractivity contribution >= 4 is 5.78 Å². The Morgan fingerprint density at radius 2 is 1.88 bits per heavy atom. The molecule has 1 rings (SSSR count). The Morgan fingerprint density at radius 1 is 1.25 bits per heavy atom. The number of rotatable bonds is 3. The number of carbonyl (C=O) groups is 1. The lowest BCUT2D eigenvalue weighted by Gasteiger charge is -2.16. The second kappa shape index (κ2) is 4.73. The summed E-state index contributed by atoms with van der Waals surface area (Å²) in [6.07, 6.45) is 0.424. The Kier molecular flexibility index (Phi) is 3.79. The Morgan fingerprint density at radius 3 is 2.38 bits per heavy atom. The van der Waals surface area contributed by atoms with Crippen LogP contribution in [0.2, 0.25) is 0 Å². The van der Waals surface area contributed by atoms with Gasteiger partial charge in [-0.25, -0.2) is 8.78 Å². The van der Waals surface area contributed by atoms with Crippen LogP contribution in [-0.2, 0) is 11.2 Å². The highest BCUT2D eigenvalue weighted by Crippen LogP contribution is 2.20. The summed E-state index contributed by atoms with van der Waals surface area (Å²) < 4.78 is 25.9. The van der Waals surface area contributed by atoms with E-state index in [4.69, 9.17) is 0 Å². The Hall–Kier alpha value is -1.25. The first-order valence-corrected chi connectivity index (χ1v) is 5.23. The van der Waals surface area contributed by atoms with Gasteiger partial charge in [0, 0.05) is 18.9 Å². The fourth-order valence-electron chi connectivity index (χ4n) is 1.53. The second-order valence-electron chi connectivity index (χ2n) is 5.19. The van der Waals surface area contributed by atoms with E-state index < -0.39 is 11.6 Å². The van der Waals surface area contributed by atoms with Crippen LogP contribution in [-0.4, -0.2) is 5.78 Å². The van der Waals surface area contributed by atoms with Gasteiger partial charge in [0.1, 0.15) is 17.4 Å². The summed E-state index contributed by atoms with van der Waals surface area (Å²) in [6.45, 7) is 5.85. The lowest BCUT2D eigenvalue weighted by Crippen LogP contribution is -2.15. The average molecular weight is 226 g/mol. The molecule has 0 aliphatic carbocycles. The Balaban J connectivity index is 2.70. The van der Waals surface area contributed by atoms with Gasteiger partial charge < -0.3 is 0 Å². The van der Waals surface area contributed by atoms with E-state index in [9.17, 15) is 13.6 Å². The maximum atomic E-state index is 13.3. The van der Waals surface area contributed by atoms with Crippen LogP contribution < -0.4 is 0 Å². The largest absolute Gasteiger partial charge is 0.299 e. The molecule has 0 N–H and O–H groups in total. The second-order valence-corrected chi connectivity index (χ2v) is 5.19. The highest BCUT2D eigenvalue weighted by Gasteiger charge is 2.17. The molecule has 1 nitrogen and oxygen atoms in total. The minimum atomic E-state index is -0.651. The van der Waals surface area contributed by atoms with Gasteiger partial charge in [-0.15, -0.1) is 0 Å². The molecule has 0 fully saturated rings. The zero-order chi connectivity index (χ0) is 12.3. The number of carbonyl (C=O) groups excluding carboxylic acids is 1. The lowest BCUT2D eigenvalue weighted by molar-refractivity contribution is -0.120.